The van der Waals surface area contributed by atoms with Gasteiger partial charge in [0.2, 0.25) is 0 Å². The fourth-order valence-corrected chi connectivity index (χ4v) is 0.913. The van der Waals surface area contributed by atoms with Crippen LogP contribution in [0.3, 0.4) is 0 Å². The van der Waals surface area contributed by atoms with E-state index in [1.807, 2.05) is 6.92 Å². The van der Waals surface area contributed by atoms with E-state index in [0.29, 0.717) is 18.5 Å². The van der Waals surface area contributed by atoms with Crippen LogP contribution in [0.4, 0.5) is 0 Å². The summed E-state index contributed by atoms with van der Waals surface area (Å²) in [5.41, 5.74) is 0.565. The Hall–Kier alpha value is -1.46. The van der Waals surface area contributed by atoms with Gasteiger partial charge in [-0.25, -0.2) is 4.79 Å². The number of esters is 1. The molecule has 0 amide bonds. The van der Waals surface area contributed by atoms with Crippen molar-refractivity contribution in [3.05, 3.63) is 23.8 Å². The Labute approximate surface area is 101 Å². The quantitative estimate of drug-likeness (QED) is 0.290. The lowest BCUT2D eigenvalue weighted by Crippen LogP contribution is -2.11. The Bertz CT molecular complexity index is 293. The van der Waals surface area contributed by atoms with Gasteiger partial charge in [0, 0.05) is 18.6 Å². The van der Waals surface area contributed by atoms with Gasteiger partial charge < -0.3 is 14.6 Å². The van der Waals surface area contributed by atoms with E-state index < -0.39 is 5.97 Å². The molecule has 0 spiro atoms. The van der Waals surface area contributed by atoms with Crippen LogP contribution in [-0.2, 0) is 19.1 Å². The fraction of sp³-hybridized carbons (Fsp3) is 0.500. The third kappa shape index (κ3) is 8.36. The van der Waals surface area contributed by atoms with Gasteiger partial charge in [-0.3, -0.25) is 4.79 Å². The van der Waals surface area contributed by atoms with Gasteiger partial charge in [-0.2, -0.15) is 0 Å². The molecule has 0 bridgehead atoms. The minimum atomic E-state index is -0.495. The molecule has 0 aromatic heterocycles. The molecule has 0 saturated carbocycles. The summed E-state index contributed by atoms with van der Waals surface area (Å²) in [5, 5.41) is 8.79. The number of carbonyl (C=O) groups is 2. The Balaban J connectivity index is 4.17. The largest absolute Gasteiger partial charge is 0.466 e. The summed E-state index contributed by atoms with van der Waals surface area (Å²) >= 11 is 0. The van der Waals surface area contributed by atoms with Crippen molar-refractivity contribution in [2.24, 2.45) is 5.92 Å². The van der Waals surface area contributed by atoms with E-state index in [1.54, 1.807) is 0 Å². The molecule has 0 saturated heterocycles. The maximum atomic E-state index is 10.9. The lowest BCUT2D eigenvalue weighted by atomic mass is 10.2. The van der Waals surface area contributed by atoms with Crippen molar-refractivity contribution in [3.8, 4) is 0 Å². The van der Waals surface area contributed by atoms with Crippen LogP contribution in [0.5, 0.6) is 0 Å². The lowest BCUT2D eigenvalue weighted by Gasteiger charge is -2.08. The van der Waals surface area contributed by atoms with Crippen molar-refractivity contribution in [3.63, 3.8) is 0 Å². The second kappa shape index (κ2) is 9.74. The third-order valence-electron chi connectivity index (χ3n) is 1.90. The molecule has 5 heteroatoms. The van der Waals surface area contributed by atoms with Gasteiger partial charge in [0.1, 0.15) is 6.29 Å². The van der Waals surface area contributed by atoms with Gasteiger partial charge in [0.25, 0.3) is 0 Å². The van der Waals surface area contributed by atoms with Crippen LogP contribution in [0, 0.1) is 5.92 Å². The van der Waals surface area contributed by atoms with E-state index in [1.165, 1.54) is 25.3 Å². The van der Waals surface area contributed by atoms with Crippen molar-refractivity contribution < 1.29 is 24.2 Å². The zero-order chi connectivity index (χ0) is 13.1. The summed E-state index contributed by atoms with van der Waals surface area (Å²) in [4.78, 5) is 21.2. The number of aldehydes is 1. The first kappa shape index (κ1) is 15.5. The average molecular weight is 242 g/mol. The average Bonchev–Trinajstić information content (AvgIpc) is 2.35. The van der Waals surface area contributed by atoms with E-state index in [-0.39, 0.29) is 19.1 Å². The zero-order valence-electron chi connectivity index (χ0n) is 10.1. The molecule has 0 aliphatic carbocycles. The third-order valence-corrected chi connectivity index (χ3v) is 1.90. The van der Waals surface area contributed by atoms with Crippen molar-refractivity contribution >= 4 is 12.3 Å². The normalized spacial score (nSPS) is 13.7. The molecule has 0 aromatic rings. The van der Waals surface area contributed by atoms with Gasteiger partial charge in [-0.15, -0.1) is 0 Å². The SMILES string of the molecule is COC(=O)/C=C\C(=C/C=O)COC[C@H](C)CO. The van der Waals surface area contributed by atoms with Crippen LogP contribution in [-0.4, -0.2) is 44.3 Å². The van der Waals surface area contributed by atoms with Crippen molar-refractivity contribution in [1.29, 1.82) is 0 Å². The minimum absolute atomic E-state index is 0.0390. The first-order valence-corrected chi connectivity index (χ1v) is 5.23. The van der Waals surface area contributed by atoms with E-state index in [4.69, 9.17) is 9.84 Å². The molecule has 0 aliphatic rings. The van der Waals surface area contributed by atoms with Crippen molar-refractivity contribution in [1.82, 2.24) is 0 Å². The molecule has 5 nitrogen and oxygen atoms in total. The number of rotatable bonds is 8. The molecule has 0 rings (SSSR count). The maximum Gasteiger partial charge on any atom is 0.330 e. The first-order chi connectivity index (χ1) is 8.13. The molecule has 0 heterocycles. The zero-order valence-corrected chi connectivity index (χ0v) is 10.1. The van der Waals surface area contributed by atoms with E-state index in [2.05, 4.69) is 4.74 Å². The summed E-state index contributed by atoms with van der Waals surface area (Å²) in [6.45, 7) is 2.48. The Morgan fingerprint density at radius 3 is 2.65 bits per heavy atom. The summed E-state index contributed by atoms with van der Waals surface area (Å²) in [5.74, 6) is -0.456. The molecule has 1 N–H and O–H groups in total. The predicted molar refractivity (Wildman–Crippen MR) is 62.4 cm³/mol. The number of allylic oxidation sites excluding steroid dienone is 1. The number of carbonyl (C=O) groups excluding carboxylic acids is 2. The number of hydrogen-bond acceptors (Lipinski definition) is 5. The summed E-state index contributed by atoms with van der Waals surface area (Å²) in [6, 6.07) is 0. The Morgan fingerprint density at radius 1 is 1.41 bits per heavy atom. The van der Waals surface area contributed by atoms with Crippen LogP contribution in [0.15, 0.2) is 23.8 Å². The van der Waals surface area contributed by atoms with Crippen molar-refractivity contribution in [2.75, 3.05) is 26.9 Å². The maximum absolute atomic E-state index is 10.9. The highest BCUT2D eigenvalue weighted by Crippen LogP contribution is 2.01. The Morgan fingerprint density at radius 2 is 2.12 bits per heavy atom. The van der Waals surface area contributed by atoms with Crippen LogP contribution in [0.25, 0.3) is 0 Å². The number of hydrogen-bond donors (Lipinski definition) is 1. The van der Waals surface area contributed by atoms with Gasteiger partial charge >= 0.3 is 5.97 Å². The molecule has 0 radical (unpaired) electrons. The number of aliphatic hydroxyl groups excluding tert-OH is 1. The fourth-order valence-electron chi connectivity index (χ4n) is 0.913. The summed E-state index contributed by atoms with van der Waals surface area (Å²) in [6.07, 6.45) is 4.61. The van der Waals surface area contributed by atoms with Gasteiger partial charge in [0.15, 0.2) is 0 Å². The highest BCUT2D eigenvalue weighted by Gasteiger charge is 2.01. The molecule has 17 heavy (non-hydrogen) atoms. The van der Waals surface area contributed by atoms with E-state index >= 15 is 0 Å². The molecule has 0 aliphatic heterocycles. The van der Waals surface area contributed by atoms with E-state index in [0.717, 1.165) is 0 Å². The second-order valence-corrected chi connectivity index (χ2v) is 3.54. The molecule has 96 valence electrons. The molecule has 0 fully saturated rings. The number of ether oxygens (including phenoxy) is 2. The molecule has 1 atom stereocenters. The van der Waals surface area contributed by atoms with Gasteiger partial charge in [-0.1, -0.05) is 6.92 Å². The second-order valence-electron chi connectivity index (χ2n) is 3.54. The van der Waals surface area contributed by atoms with Gasteiger partial charge in [0.05, 0.1) is 20.3 Å². The number of methoxy groups -OCH3 is 1. The van der Waals surface area contributed by atoms with Crippen LogP contribution in [0.1, 0.15) is 6.92 Å². The van der Waals surface area contributed by atoms with Crippen LogP contribution in [0.2, 0.25) is 0 Å². The topological polar surface area (TPSA) is 72.8 Å². The Kier molecular flexibility index (Phi) is 8.91. The van der Waals surface area contributed by atoms with Crippen LogP contribution >= 0.6 is 0 Å². The van der Waals surface area contributed by atoms with E-state index in [9.17, 15) is 9.59 Å². The predicted octanol–water partition coefficient (Wildman–Crippen LogP) is 0.486. The molecule has 0 aromatic carbocycles. The monoisotopic (exact) mass is 242 g/mol. The minimum Gasteiger partial charge on any atom is -0.466 e. The van der Waals surface area contributed by atoms with Gasteiger partial charge in [-0.05, 0) is 17.7 Å². The lowest BCUT2D eigenvalue weighted by molar-refractivity contribution is -0.134. The van der Waals surface area contributed by atoms with Crippen molar-refractivity contribution in [2.45, 2.75) is 6.92 Å². The first-order valence-electron chi connectivity index (χ1n) is 5.23. The van der Waals surface area contributed by atoms with Crippen LogP contribution < -0.4 is 0 Å². The summed E-state index contributed by atoms with van der Waals surface area (Å²) in [7, 11) is 1.27. The summed E-state index contributed by atoms with van der Waals surface area (Å²) < 4.78 is 9.70. The smallest absolute Gasteiger partial charge is 0.330 e. The highest BCUT2D eigenvalue weighted by molar-refractivity contribution is 5.82. The molecule has 0 unspecified atom stereocenters. The molecular weight excluding hydrogens is 224 g/mol. The number of aliphatic hydroxyl groups is 1. The highest BCUT2D eigenvalue weighted by atomic mass is 16.5. The standard InChI is InChI=1S/C12H18O5/c1-10(7-14)8-17-9-11(5-6-13)3-4-12(15)16-2/h3-6,10,14H,7-9H2,1-2H3/b4-3-,11-5+/t10-/m1/s1. The molecular formula is C12H18O5.